The lowest BCUT2D eigenvalue weighted by Gasteiger charge is -2.12. The first-order valence-electron chi connectivity index (χ1n) is 8.22. The van der Waals surface area contributed by atoms with Crippen LogP contribution in [0.15, 0.2) is 60.7 Å². The smallest absolute Gasteiger partial charge is 0.306 e. The highest BCUT2D eigenvalue weighted by atomic mass is 32.2. The SMILES string of the molecule is O=C(O)C(CCSCc1ccccc1)CCSCc1ccccc1. The normalized spacial score (nSPS) is 10.9. The predicted molar refractivity (Wildman–Crippen MR) is 106 cm³/mol. The van der Waals surface area contributed by atoms with Crippen LogP contribution in [0.5, 0.6) is 0 Å². The summed E-state index contributed by atoms with van der Waals surface area (Å²) in [6.45, 7) is 0. The maximum absolute atomic E-state index is 11.4. The van der Waals surface area contributed by atoms with Gasteiger partial charge in [-0.15, -0.1) is 0 Å². The molecule has 0 aliphatic heterocycles. The van der Waals surface area contributed by atoms with Crippen molar-refractivity contribution in [3.63, 3.8) is 0 Å². The monoisotopic (exact) mass is 360 g/mol. The molecule has 2 aromatic rings. The number of hydrogen-bond acceptors (Lipinski definition) is 3. The molecule has 0 fully saturated rings. The molecular formula is C20H24O2S2. The van der Waals surface area contributed by atoms with Gasteiger partial charge in [0, 0.05) is 11.5 Å². The molecule has 0 heterocycles. The van der Waals surface area contributed by atoms with Gasteiger partial charge in [0.05, 0.1) is 5.92 Å². The van der Waals surface area contributed by atoms with Crippen LogP contribution in [-0.4, -0.2) is 22.6 Å². The summed E-state index contributed by atoms with van der Waals surface area (Å²) in [6.07, 6.45) is 1.50. The summed E-state index contributed by atoms with van der Waals surface area (Å²) in [5, 5.41) is 9.39. The lowest BCUT2D eigenvalue weighted by Crippen LogP contribution is -2.15. The zero-order valence-corrected chi connectivity index (χ0v) is 15.4. The van der Waals surface area contributed by atoms with E-state index in [0.717, 1.165) is 35.9 Å². The molecule has 2 nitrogen and oxygen atoms in total. The molecule has 0 saturated heterocycles. The first-order chi connectivity index (χ1) is 11.8. The van der Waals surface area contributed by atoms with Crippen LogP contribution < -0.4 is 0 Å². The fourth-order valence-corrected chi connectivity index (χ4v) is 4.42. The average molecular weight is 361 g/mol. The van der Waals surface area contributed by atoms with Gasteiger partial charge in [-0.3, -0.25) is 4.79 Å². The number of carbonyl (C=O) groups is 1. The van der Waals surface area contributed by atoms with Gasteiger partial charge in [-0.25, -0.2) is 0 Å². The zero-order chi connectivity index (χ0) is 17.0. The lowest BCUT2D eigenvalue weighted by molar-refractivity contribution is -0.141. The third-order valence-electron chi connectivity index (χ3n) is 3.79. The Bertz CT molecular complexity index is 540. The third-order valence-corrected chi connectivity index (χ3v) is 5.92. The van der Waals surface area contributed by atoms with E-state index in [0.29, 0.717) is 0 Å². The Morgan fingerprint density at radius 2 is 1.21 bits per heavy atom. The molecule has 0 aliphatic rings. The van der Waals surface area contributed by atoms with Crippen LogP contribution in [0.3, 0.4) is 0 Å². The Labute approximate surface area is 153 Å². The minimum absolute atomic E-state index is 0.225. The van der Waals surface area contributed by atoms with Crippen molar-refractivity contribution in [1.82, 2.24) is 0 Å². The van der Waals surface area contributed by atoms with Gasteiger partial charge in [0.2, 0.25) is 0 Å². The summed E-state index contributed by atoms with van der Waals surface area (Å²) < 4.78 is 0. The summed E-state index contributed by atoms with van der Waals surface area (Å²) >= 11 is 3.64. The fraction of sp³-hybridized carbons (Fsp3) is 0.350. The molecule has 0 spiro atoms. The zero-order valence-electron chi connectivity index (χ0n) is 13.8. The number of rotatable bonds is 11. The Hall–Kier alpha value is -1.39. The second-order valence-electron chi connectivity index (χ2n) is 5.69. The van der Waals surface area contributed by atoms with Crippen molar-refractivity contribution in [2.75, 3.05) is 11.5 Å². The average Bonchev–Trinajstić information content (AvgIpc) is 2.62. The van der Waals surface area contributed by atoms with E-state index >= 15 is 0 Å². The van der Waals surface area contributed by atoms with Gasteiger partial charge in [0.25, 0.3) is 0 Å². The van der Waals surface area contributed by atoms with Crippen LogP contribution in [0, 0.1) is 5.92 Å². The summed E-state index contributed by atoms with van der Waals surface area (Å²) in [7, 11) is 0. The molecule has 0 atom stereocenters. The van der Waals surface area contributed by atoms with E-state index in [1.807, 2.05) is 59.9 Å². The highest BCUT2D eigenvalue weighted by Crippen LogP contribution is 2.21. The quantitative estimate of drug-likeness (QED) is 0.549. The largest absolute Gasteiger partial charge is 0.481 e. The maximum Gasteiger partial charge on any atom is 0.306 e. The molecule has 0 aliphatic carbocycles. The molecule has 1 N–H and O–H groups in total. The van der Waals surface area contributed by atoms with Crippen LogP contribution in [0.2, 0.25) is 0 Å². The Balaban J connectivity index is 1.61. The molecule has 2 rings (SSSR count). The minimum Gasteiger partial charge on any atom is -0.481 e. The van der Waals surface area contributed by atoms with Gasteiger partial charge in [-0.2, -0.15) is 23.5 Å². The molecule has 0 aromatic heterocycles. The van der Waals surface area contributed by atoms with E-state index in [1.165, 1.54) is 11.1 Å². The second-order valence-corrected chi connectivity index (χ2v) is 7.90. The van der Waals surface area contributed by atoms with Gasteiger partial charge >= 0.3 is 5.97 Å². The van der Waals surface area contributed by atoms with Crippen LogP contribution in [-0.2, 0) is 16.3 Å². The Morgan fingerprint density at radius 1 is 0.792 bits per heavy atom. The number of benzene rings is 2. The van der Waals surface area contributed by atoms with Crippen molar-refractivity contribution < 1.29 is 9.90 Å². The highest BCUT2D eigenvalue weighted by Gasteiger charge is 2.16. The molecule has 0 unspecified atom stereocenters. The summed E-state index contributed by atoms with van der Waals surface area (Å²) in [5.41, 5.74) is 2.60. The van der Waals surface area contributed by atoms with Crippen LogP contribution in [0.1, 0.15) is 24.0 Å². The fourth-order valence-electron chi connectivity index (χ4n) is 2.37. The van der Waals surface area contributed by atoms with Crippen molar-refractivity contribution >= 4 is 29.5 Å². The van der Waals surface area contributed by atoms with Crippen LogP contribution in [0.4, 0.5) is 0 Å². The van der Waals surface area contributed by atoms with Gasteiger partial charge in [-0.1, -0.05) is 60.7 Å². The third kappa shape index (κ3) is 7.45. The van der Waals surface area contributed by atoms with Crippen LogP contribution in [0.25, 0.3) is 0 Å². The predicted octanol–water partition coefficient (Wildman–Crippen LogP) is 5.33. The van der Waals surface area contributed by atoms with Gasteiger partial charge in [0.1, 0.15) is 0 Å². The van der Waals surface area contributed by atoms with E-state index < -0.39 is 5.97 Å². The van der Waals surface area contributed by atoms with Crippen LogP contribution >= 0.6 is 23.5 Å². The molecule has 128 valence electrons. The molecule has 24 heavy (non-hydrogen) atoms. The molecule has 0 radical (unpaired) electrons. The van der Waals surface area contributed by atoms with E-state index in [2.05, 4.69) is 24.3 Å². The molecule has 4 heteroatoms. The Kier molecular flexibility index (Phi) is 8.85. The summed E-state index contributed by atoms with van der Waals surface area (Å²) in [6, 6.07) is 20.6. The van der Waals surface area contributed by atoms with E-state index in [1.54, 1.807) is 0 Å². The van der Waals surface area contributed by atoms with Crippen molar-refractivity contribution in [3.05, 3.63) is 71.8 Å². The van der Waals surface area contributed by atoms with Crippen molar-refractivity contribution in [3.8, 4) is 0 Å². The van der Waals surface area contributed by atoms with Gasteiger partial charge in [0.15, 0.2) is 0 Å². The van der Waals surface area contributed by atoms with E-state index in [4.69, 9.17) is 0 Å². The topological polar surface area (TPSA) is 37.3 Å². The van der Waals surface area contributed by atoms with Gasteiger partial charge in [-0.05, 0) is 35.5 Å². The maximum atomic E-state index is 11.4. The number of aliphatic carboxylic acids is 1. The molecule has 0 bridgehead atoms. The number of hydrogen-bond donors (Lipinski definition) is 1. The summed E-state index contributed by atoms with van der Waals surface area (Å²) in [5.74, 6) is 2.82. The number of carboxylic acids is 1. The van der Waals surface area contributed by atoms with Gasteiger partial charge < -0.3 is 5.11 Å². The van der Waals surface area contributed by atoms with Crippen molar-refractivity contribution in [2.45, 2.75) is 24.3 Å². The second kappa shape index (κ2) is 11.2. The number of thioether (sulfide) groups is 2. The lowest BCUT2D eigenvalue weighted by atomic mass is 10.0. The molecule has 0 amide bonds. The standard InChI is InChI=1S/C20H24O2S2/c21-20(22)19(11-13-23-15-17-7-3-1-4-8-17)12-14-24-16-18-9-5-2-6-10-18/h1-10,19H,11-16H2,(H,21,22). The summed E-state index contributed by atoms with van der Waals surface area (Å²) in [4.78, 5) is 11.4. The molecule has 2 aromatic carbocycles. The minimum atomic E-state index is -0.657. The highest BCUT2D eigenvalue weighted by molar-refractivity contribution is 7.98. The first kappa shape index (κ1) is 18.9. The number of carboxylic acid groups (broad SMARTS) is 1. The molecular weight excluding hydrogens is 336 g/mol. The first-order valence-corrected chi connectivity index (χ1v) is 10.5. The van der Waals surface area contributed by atoms with E-state index in [-0.39, 0.29) is 5.92 Å². The van der Waals surface area contributed by atoms with E-state index in [9.17, 15) is 9.90 Å². The Morgan fingerprint density at radius 3 is 1.58 bits per heavy atom. The molecule has 0 saturated carbocycles. The van der Waals surface area contributed by atoms with Crippen molar-refractivity contribution in [2.24, 2.45) is 5.92 Å². The van der Waals surface area contributed by atoms with Crippen molar-refractivity contribution in [1.29, 1.82) is 0 Å².